The van der Waals surface area contributed by atoms with Gasteiger partial charge in [0.05, 0.1) is 38.4 Å². The molecule has 0 spiro atoms. The molecular formula is C90H134N24O24. The zero-order chi connectivity index (χ0) is 103. The van der Waals surface area contributed by atoms with Crippen LogP contribution in [0.1, 0.15) is 129 Å². The van der Waals surface area contributed by atoms with Crippen LogP contribution >= 0.6 is 0 Å². The molecule has 0 saturated carbocycles. The molecule has 18 atom stereocenters. The summed E-state index contributed by atoms with van der Waals surface area (Å²) in [5, 5.41) is 117. The number of aliphatic hydroxyl groups is 5. The molecule has 4 aromatic rings. The molecule has 0 aromatic heterocycles. The quantitative estimate of drug-likeness (QED) is 0.0111. The number of carbonyl (C=O) groups is 18. The number of benzene rings is 4. The predicted molar refractivity (Wildman–Crippen MR) is 500 cm³/mol. The summed E-state index contributed by atoms with van der Waals surface area (Å²) >= 11 is 0. The predicted octanol–water partition coefficient (Wildman–Crippen LogP) is -8.50. The van der Waals surface area contributed by atoms with Crippen molar-refractivity contribution in [2.45, 2.75) is 241 Å². The van der Waals surface area contributed by atoms with Gasteiger partial charge in [-0.1, -0.05) is 149 Å². The number of aliphatic carboxylic acids is 1. The molecule has 0 radical (unpaired) electrons. The Kier molecular flexibility index (Phi) is 50.0. The van der Waals surface area contributed by atoms with Gasteiger partial charge in [0.1, 0.15) is 96.7 Å². The third-order valence-corrected chi connectivity index (χ3v) is 21.4. The highest BCUT2D eigenvalue weighted by Crippen LogP contribution is 2.18. The van der Waals surface area contributed by atoms with Crippen molar-refractivity contribution in [1.82, 2.24) is 90.0 Å². The largest absolute Gasteiger partial charge is 0.480 e. The first-order valence-electron chi connectivity index (χ1n) is 44.7. The molecule has 0 aliphatic heterocycles. The van der Waals surface area contributed by atoms with Crippen LogP contribution in [-0.4, -0.2) is 303 Å². The smallest absolute Gasteiger partial charge is 0.325 e. The highest BCUT2D eigenvalue weighted by atomic mass is 16.4. The molecule has 0 unspecified atom stereocenters. The average Bonchev–Trinajstić information content (AvgIpc) is 0.839. The zero-order valence-corrected chi connectivity index (χ0v) is 78.2. The first-order chi connectivity index (χ1) is 65.2. The second-order valence-electron chi connectivity index (χ2n) is 34.0. The van der Waals surface area contributed by atoms with Crippen molar-refractivity contribution in [1.29, 1.82) is 10.8 Å². The van der Waals surface area contributed by atoms with Gasteiger partial charge in [0.25, 0.3) is 0 Å². The fourth-order valence-corrected chi connectivity index (χ4v) is 13.9. The fourth-order valence-electron chi connectivity index (χ4n) is 13.9. The number of carboxylic acids is 1. The Bertz CT molecular complexity index is 4760. The van der Waals surface area contributed by atoms with Crippen molar-refractivity contribution in [2.75, 3.05) is 40.0 Å². The number of hydrogen-bond donors (Lipinski definition) is 29. The molecule has 4 rings (SSSR count). The van der Waals surface area contributed by atoms with E-state index in [9.17, 15) is 93.0 Å². The standard InChI is InChI=1S/C90H134N24O24/c1-47(2)37-60(104-75(124)57(31-21-35-98-89(94)95)101-78(127)61(39-52-23-13-9-14-24-52)106-80(129)63(41-54-27-17-11-18-28-54)109-86(135)72(51(7)119)113-84(133)68(46-117)114(8)87(136)66(38-48(3)4)110-73(122)56(91)44-115)77(126)105-62(40-53-25-15-10-16-26-53)79(128)108-65(43-70(93)121)81(130)102-58(32-22-36-99-90(96)97)76(125)111-67(45-116)83(132)107-64(42-55-29-19-12-20-30-55)82(131)112-71(50(6)118)85(134)103-59(33-34-69(92)120)74(123)100-49(5)88(137)138/h9-20,23-30,47-51,56-68,71-72,115-119H,21-22,31-46,91H2,1-8H3,(H2,92,120)(H2,93,121)(H,100,123)(H,101,127)(H,102,130)(H,103,134)(H,104,124)(H,105,126)(H,106,129)(H,107,132)(H,108,128)(H,109,135)(H,110,122)(H,111,125)(H,112,131)(H,113,133)(H,137,138)(H4,94,95,98)(H4,96,97,99)/t49-,50+,51+,56-,57-,58-,59-,60-,61-,62-,63-,64-,65-,66-,67-,68-,71-,72-/m0/s1. The number of carbonyl (C=O) groups excluding carboxylic acids is 17. The maximum Gasteiger partial charge on any atom is 0.325 e. The number of primary amides is 2. The van der Waals surface area contributed by atoms with Crippen molar-refractivity contribution >= 4 is 118 Å². The second kappa shape index (κ2) is 59.5. The van der Waals surface area contributed by atoms with Gasteiger partial charge in [-0.05, 0) is 99.8 Å². The zero-order valence-electron chi connectivity index (χ0n) is 78.2. The first kappa shape index (κ1) is 116. The molecule has 17 amide bonds. The van der Waals surface area contributed by atoms with Gasteiger partial charge in [0, 0.05) is 52.2 Å². The number of amides is 17. The minimum absolute atomic E-state index is 0.0121. The van der Waals surface area contributed by atoms with E-state index in [1.165, 1.54) is 0 Å². The number of hydrogen-bond acceptors (Lipinski definition) is 26. The molecule has 48 heteroatoms. The van der Waals surface area contributed by atoms with E-state index in [2.05, 4.69) is 85.1 Å². The Labute approximate surface area is 797 Å². The molecule has 48 nitrogen and oxygen atoms in total. The van der Waals surface area contributed by atoms with Crippen LogP contribution in [-0.2, 0) is 112 Å². The van der Waals surface area contributed by atoms with Gasteiger partial charge in [-0.25, -0.2) is 0 Å². The van der Waals surface area contributed by atoms with Crippen molar-refractivity contribution in [3.63, 3.8) is 0 Å². The van der Waals surface area contributed by atoms with Crippen LogP contribution in [0.3, 0.4) is 0 Å². The lowest BCUT2D eigenvalue weighted by Gasteiger charge is -2.32. The minimum atomic E-state index is -2.01. The van der Waals surface area contributed by atoms with Crippen molar-refractivity contribution in [3.05, 3.63) is 144 Å². The SMILES string of the molecule is CC(C)C[C@H](NC(=O)[C@H](CCCNC(=N)N)NC(=O)[C@H](Cc1ccccc1)NC(=O)[C@H](Cc1ccccc1)NC(=O)[C@@H](NC(=O)[C@H](CO)N(C)C(=O)[C@H](CC(C)C)NC(=O)[C@@H](N)CO)[C@@H](C)O)C(=O)N[C@@H](Cc1ccccc1)C(=O)N[C@@H](CC(N)=O)C(=O)N[C@@H](CCCNC(=N)N)C(=O)N[C@@H](CO)C(=O)N[C@@H](Cc1ccccc1)C(=O)N[C@H](C(=O)N[C@@H](CCC(N)=O)C(=O)N[C@@H](C)C(=O)O)[C@@H](C)O. The maximum absolute atomic E-state index is 15.2. The third kappa shape index (κ3) is 41.5. The number of likely N-dealkylation sites (N-methyl/N-ethyl adjacent to an activating group) is 1. The van der Waals surface area contributed by atoms with Gasteiger partial charge in [0.15, 0.2) is 11.9 Å². The third-order valence-electron chi connectivity index (χ3n) is 21.4. The summed E-state index contributed by atoms with van der Waals surface area (Å²) in [6, 6.07) is 4.97. The van der Waals surface area contributed by atoms with E-state index in [4.69, 9.17) is 39.5 Å². The Morgan fingerprint density at radius 3 is 0.986 bits per heavy atom. The van der Waals surface area contributed by atoms with Gasteiger partial charge in [-0.15, -0.1) is 0 Å². The van der Waals surface area contributed by atoms with Crippen molar-refractivity contribution in [2.24, 2.45) is 40.5 Å². The van der Waals surface area contributed by atoms with Gasteiger partial charge < -0.3 is 149 Å². The number of nitrogens with two attached hydrogens (primary N) is 5. The molecule has 0 bridgehead atoms. The summed E-state index contributed by atoms with van der Waals surface area (Å²) in [7, 11) is 1.14. The van der Waals surface area contributed by atoms with E-state index in [0.29, 0.717) is 22.3 Å². The number of aliphatic hydroxyl groups excluding tert-OH is 5. The Morgan fingerprint density at radius 1 is 0.341 bits per heavy atom. The topological polar surface area (TPSA) is 802 Å². The molecule has 0 heterocycles. The molecular weight excluding hydrogens is 1800 g/mol. The normalized spacial score (nSPS) is 15.0. The summed E-state index contributed by atoms with van der Waals surface area (Å²) in [5.41, 5.74) is 29.5. The first-order valence-corrected chi connectivity index (χ1v) is 44.7. The van der Waals surface area contributed by atoms with Crippen LogP contribution in [0.15, 0.2) is 121 Å². The lowest BCUT2D eigenvalue weighted by Crippen LogP contribution is -2.63. The van der Waals surface area contributed by atoms with Crippen molar-refractivity contribution < 1.29 is 117 Å². The fraction of sp³-hybridized carbons (Fsp3) is 0.511. The molecule has 0 fully saturated rings. The van der Waals surface area contributed by atoms with Crippen LogP contribution in [0.4, 0.5) is 0 Å². The molecule has 758 valence electrons. The maximum atomic E-state index is 15.2. The highest BCUT2D eigenvalue weighted by molar-refractivity contribution is 6.02. The Balaban J connectivity index is 1.71. The number of nitrogens with zero attached hydrogens (tertiary/aromatic N) is 1. The number of carboxylic acid groups (broad SMARTS) is 1. The van der Waals surface area contributed by atoms with Crippen LogP contribution in [0, 0.1) is 22.7 Å². The average molecular weight is 1940 g/mol. The summed E-state index contributed by atoms with van der Waals surface area (Å²) < 4.78 is 0. The van der Waals surface area contributed by atoms with Gasteiger partial charge in [-0.2, -0.15) is 0 Å². The van der Waals surface area contributed by atoms with Crippen LogP contribution in [0.5, 0.6) is 0 Å². The van der Waals surface area contributed by atoms with Gasteiger partial charge in [-0.3, -0.25) is 97.1 Å². The monoisotopic (exact) mass is 1940 g/mol. The highest BCUT2D eigenvalue weighted by Gasteiger charge is 2.42. The van der Waals surface area contributed by atoms with Crippen molar-refractivity contribution in [3.8, 4) is 0 Å². The second-order valence-corrected chi connectivity index (χ2v) is 34.0. The van der Waals surface area contributed by atoms with Gasteiger partial charge in [0.2, 0.25) is 100 Å². The minimum Gasteiger partial charge on any atom is -0.480 e. The van der Waals surface area contributed by atoms with E-state index in [1.54, 1.807) is 149 Å². The van der Waals surface area contributed by atoms with E-state index >= 15 is 24.0 Å². The summed E-state index contributed by atoms with van der Waals surface area (Å²) in [5.74, 6) is -21.8. The van der Waals surface area contributed by atoms with Gasteiger partial charge >= 0.3 is 5.97 Å². The Morgan fingerprint density at radius 2 is 0.638 bits per heavy atom. The number of guanidine groups is 2. The lowest BCUT2D eigenvalue weighted by molar-refractivity contribution is -0.145. The molecule has 0 saturated heterocycles. The number of nitrogens with one attached hydrogen (secondary N) is 18. The molecule has 138 heavy (non-hydrogen) atoms. The van der Waals surface area contributed by atoms with Crippen LogP contribution in [0.2, 0.25) is 0 Å². The molecule has 0 aliphatic rings. The van der Waals surface area contributed by atoms with Crippen LogP contribution in [0.25, 0.3) is 0 Å². The Hall–Kier alpha value is -14.4. The van der Waals surface area contributed by atoms with Crippen LogP contribution < -0.4 is 114 Å². The summed E-state index contributed by atoms with van der Waals surface area (Å²) in [6.07, 6.45) is -7.74. The summed E-state index contributed by atoms with van der Waals surface area (Å²) in [4.78, 5) is 253. The summed E-state index contributed by atoms with van der Waals surface area (Å²) in [6.45, 7) is 6.95. The molecule has 34 N–H and O–H groups in total. The molecule has 4 aromatic carbocycles. The molecule has 0 aliphatic carbocycles. The van der Waals surface area contributed by atoms with E-state index in [0.717, 1.165) is 32.7 Å². The lowest BCUT2D eigenvalue weighted by atomic mass is 9.99. The van der Waals surface area contributed by atoms with E-state index < -0.39 is 279 Å². The van der Waals surface area contributed by atoms with E-state index in [-0.39, 0.29) is 76.8 Å². The number of rotatable bonds is 61. The van der Waals surface area contributed by atoms with E-state index in [1.807, 2.05) is 0 Å².